The highest BCUT2D eigenvalue weighted by Crippen LogP contribution is 2.32. The molecule has 8 heteroatoms. The molecular formula is C20H18F3NO4. The van der Waals surface area contributed by atoms with E-state index in [0.29, 0.717) is 18.8 Å². The van der Waals surface area contributed by atoms with E-state index in [1.54, 1.807) is 19.2 Å². The van der Waals surface area contributed by atoms with Crippen LogP contribution in [0, 0.1) is 0 Å². The molecule has 0 aliphatic carbocycles. The van der Waals surface area contributed by atoms with Gasteiger partial charge in [0, 0.05) is 19.3 Å². The van der Waals surface area contributed by atoms with E-state index in [1.165, 1.54) is 30.5 Å². The highest BCUT2D eigenvalue weighted by Gasteiger charge is 2.30. The summed E-state index contributed by atoms with van der Waals surface area (Å²) in [6.07, 6.45) is -2.47. The molecule has 0 unspecified atom stereocenters. The van der Waals surface area contributed by atoms with E-state index in [9.17, 15) is 18.0 Å². The van der Waals surface area contributed by atoms with Crippen LogP contribution in [-0.2, 0) is 10.9 Å². The lowest BCUT2D eigenvalue weighted by Gasteiger charge is -2.15. The SMILES string of the molecule is COCC[C@@H](NC(=O)c1ccc(-c2cccc(C(F)(F)F)c2)o1)c1ccco1. The summed E-state index contributed by atoms with van der Waals surface area (Å²) in [5.41, 5.74) is -0.555. The standard InChI is InChI=1S/C20H18F3NO4/c1-26-11-9-15(17-6-3-10-27-17)24-19(25)18-8-7-16(28-18)13-4-2-5-14(12-13)20(21,22)23/h2-8,10,12,15H,9,11H2,1H3,(H,24,25)/t15-/m1/s1. The van der Waals surface area contributed by atoms with Gasteiger partial charge in [0.25, 0.3) is 5.91 Å². The van der Waals surface area contributed by atoms with Crippen molar-refractivity contribution in [1.82, 2.24) is 5.32 Å². The zero-order valence-electron chi connectivity index (χ0n) is 15.0. The summed E-state index contributed by atoms with van der Waals surface area (Å²) in [6, 6.07) is 10.6. The Kier molecular flexibility index (Phi) is 5.89. The van der Waals surface area contributed by atoms with Crippen LogP contribution in [0.15, 0.2) is 63.6 Å². The van der Waals surface area contributed by atoms with Gasteiger partial charge in [-0.25, -0.2) is 0 Å². The molecule has 0 aliphatic heterocycles. The van der Waals surface area contributed by atoms with E-state index in [-0.39, 0.29) is 17.1 Å². The predicted octanol–water partition coefficient (Wildman–Crippen LogP) is 5.07. The summed E-state index contributed by atoms with van der Waals surface area (Å²) in [7, 11) is 1.55. The molecule has 3 aromatic rings. The number of amides is 1. The normalized spacial score (nSPS) is 12.7. The number of hydrogen-bond acceptors (Lipinski definition) is 4. The monoisotopic (exact) mass is 393 g/mol. The van der Waals surface area contributed by atoms with Gasteiger partial charge in [0.1, 0.15) is 11.5 Å². The maximum Gasteiger partial charge on any atom is 0.416 e. The highest BCUT2D eigenvalue weighted by molar-refractivity contribution is 5.92. The van der Waals surface area contributed by atoms with Gasteiger partial charge >= 0.3 is 6.18 Å². The summed E-state index contributed by atoms with van der Waals surface area (Å²) in [6.45, 7) is 0.402. The Morgan fingerprint density at radius 3 is 2.68 bits per heavy atom. The fourth-order valence-electron chi connectivity index (χ4n) is 2.70. The zero-order chi connectivity index (χ0) is 20.1. The van der Waals surface area contributed by atoms with Gasteiger partial charge in [0.05, 0.1) is 17.9 Å². The molecule has 1 aromatic carbocycles. The number of benzene rings is 1. The third-order valence-electron chi connectivity index (χ3n) is 4.11. The Balaban J connectivity index is 1.76. The van der Waals surface area contributed by atoms with Crippen molar-refractivity contribution in [1.29, 1.82) is 0 Å². The van der Waals surface area contributed by atoms with E-state index < -0.39 is 23.7 Å². The van der Waals surface area contributed by atoms with Crippen molar-refractivity contribution in [3.8, 4) is 11.3 Å². The van der Waals surface area contributed by atoms with Gasteiger partial charge in [0.2, 0.25) is 0 Å². The fourth-order valence-corrected chi connectivity index (χ4v) is 2.70. The molecule has 0 aliphatic rings. The first kappa shape index (κ1) is 19.8. The van der Waals surface area contributed by atoms with E-state index in [1.807, 2.05) is 0 Å². The number of hydrogen-bond donors (Lipinski definition) is 1. The smallest absolute Gasteiger partial charge is 0.416 e. The summed E-state index contributed by atoms with van der Waals surface area (Å²) < 4.78 is 54.5. The van der Waals surface area contributed by atoms with Gasteiger partial charge in [-0.2, -0.15) is 13.2 Å². The Labute approximate surface area is 159 Å². The molecule has 1 amide bonds. The second-order valence-electron chi connectivity index (χ2n) is 6.07. The summed E-state index contributed by atoms with van der Waals surface area (Å²) in [4.78, 5) is 12.5. The molecule has 0 saturated carbocycles. The van der Waals surface area contributed by atoms with Crippen LogP contribution in [0.5, 0.6) is 0 Å². The Bertz CT molecular complexity index is 916. The van der Waals surface area contributed by atoms with Crippen LogP contribution in [0.25, 0.3) is 11.3 Å². The number of nitrogens with one attached hydrogen (secondary N) is 1. The molecule has 148 valence electrons. The third-order valence-corrected chi connectivity index (χ3v) is 4.11. The van der Waals surface area contributed by atoms with Crippen molar-refractivity contribution in [2.24, 2.45) is 0 Å². The lowest BCUT2D eigenvalue weighted by atomic mass is 10.1. The number of alkyl halides is 3. The number of ether oxygens (including phenoxy) is 1. The van der Waals surface area contributed by atoms with Gasteiger partial charge in [-0.05, 0) is 42.8 Å². The van der Waals surface area contributed by atoms with Crippen LogP contribution in [0.2, 0.25) is 0 Å². The lowest BCUT2D eigenvalue weighted by molar-refractivity contribution is -0.137. The fraction of sp³-hybridized carbons (Fsp3) is 0.250. The molecule has 5 nitrogen and oxygen atoms in total. The number of rotatable bonds is 7. The van der Waals surface area contributed by atoms with Crippen molar-refractivity contribution in [2.45, 2.75) is 18.6 Å². The van der Waals surface area contributed by atoms with Crippen LogP contribution in [0.3, 0.4) is 0 Å². The van der Waals surface area contributed by atoms with Crippen LogP contribution in [-0.4, -0.2) is 19.6 Å². The van der Waals surface area contributed by atoms with E-state index in [4.69, 9.17) is 13.6 Å². The number of methoxy groups -OCH3 is 1. The molecule has 3 rings (SSSR count). The number of furan rings is 2. The van der Waals surface area contributed by atoms with Crippen molar-refractivity contribution >= 4 is 5.91 Å². The number of carbonyl (C=O) groups is 1. The molecule has 0 spiro atoms. The summed E-state index contributed by atoms with van der Waals surface area (Å²) in [5.74, 6) is 0.217. The molecule has 2 heterocycles. The van der Waals surface area contributed by atoms with Gasteiger partial charge in [-0.15, -0.1) is 0 Å². The zero-order valence-corrected chi connectivity index (χ0v) is 15.0. The maximum atomic E-state index is 12.9. The average Bonchev–Trinajstić information content (AvgIpc) is 3.36. The minimum Gasteiger partial charge on any atom is -0.467 e. The first-order valence-electron chi connectivity index (χ1n) is 8.49. The van der Waals surface area contributed by atoms with Crippen molar-refractivity contribution in [3.63, 3.8) is 0 Å². The van der Waals surface area contributed by atoms with Gasteiger partial charge in [0.15, 0.2) is 5.76 Å². The summed E-state index contributed by atoms with van der Waals surface area (Å²) >= 11 is 0. The van der Waals surface area contributed by atoms with Crippen molar-refractivity contribution in [2.75, 3.05) is 13.7 Å². The highest BCUT2D eigenvalue weighted by atomic mass is 19.4. The maximum absolute atomic E-state index is 12.9. The van der Waals surface area contributed by atoms with Crippen LogP contribution >= 0.6 is 0 Å². The Hall–Kier alpha value is -3.00. The number of halogens is 3. The number of carbonyl (C=O) groups excluding carboxylic acids is 1. The van der Waals surface area contributed by atoms with Crippen LogP contribution < -0.4 is 5.32 Å². The Morgan fingerprint density at radius 1 is 1.18 bits per heavy atom. The van der Waals surface area contributed by atoms with Crippen LogP contribution in [0.4, 0.5) is 13.2 Å². The molecule has 0 saturated heterocycles. The average molecular weight is 393 g/mol. The molecule has 0 radical (unpaired) electrons. The van der Waals surface area contributed by atoms with Gasteiger partial charge in [-0.1, -0.05) is 12.1 Å². The predicted molar refractivity (Wildman–Crippen MR) is 94.6 cm³/mol. The molecular weight excluding hydrogens is 375 g/mol. The largest absolute Gasteiger partial charge is 0.467 e. The molecule has 0 fully saturated rings. The molecule has 1 atom stereocenters. The summed E-state index contributed by atoms with van der Waals surface area (Å²) in [5, 5.41) is 2.78. The first-order valence-corrected chi connectivity index (χ1v) is 8.49. The topological polar surface area (TPSA) is 64.6 Å². The molecule has 2 aromatic heterocycles. The quantitative estimate of drug-likeness (QED) is 0.609. The van der Waals surface area contributed by atoms with Crippen molar-refractivity contribution < 1.29 is 31.5 Å². The minimum absolute atomic E-state index is 0.0126. The molecule has 28 heavy (non-hydrogen) atoms. The second kappa shape index (κ2) is 8.35. The Morgan fingerprint density at radius 2 is 2.00 bits per heavy atom. The second-order valence-corrected chi connectivity index (χ2v) is 6.07. The molecule has 0 bridgehead atoms. The van der Waals surface area contributed by atoms with Gasteiger partial charge in [-0.3, -0.25) is 4.79 Å². The molecule has 1 N–H and O–H groups in total. The lowest BCUT2D eigenvalue weighted by Crippen LogP contribution is -2.28. The minimum atomic E-state index is -4.46. The first-order chi connectivity index (χ1) is 13.4. The van der Waals surface area contributed by atoms with Gasteiger partial charge < -0.3 is 18.9 Å². The third kappa shape index (κ3) is 4.64. The van der Waals surface area contributed by atoms with E-state index in [2.05, 4.69) is 5.32 Å². The van der Waals surface area contributed by atoms with E-state index in [0.717, 1.165) is 12.1 Å². The van der Waals surface area contributed by atoms with Crippen LogP contribution in [0.1, 0.15) is 34.3 Å². The van der Waals surface area contributed by atoms with Crippen molar-refractivity contribution in [3.05, 3.63) is 71.9 Å². The van der Waals surface area contributed by atoms with E-state index >= 15 is 0 Å².